The van der Waals surface area contributed by atoms with Crippen molar-refractivity contribution in [1.82, 2.24) is 0 Å². The lowest BCUT2D eigenvalue weighted by molar-refractivity contribution is -0.0423. The van der Waals surface area contributed by atoms with Crippen molar-refractivity contribution in [3.8, 4) is 0 Å². The van der Waals surface area contributed by atoms with Gasteiger partial charge >= 0.3 is 0 Å². The van der Waals surface area contributed by atoms with Crippen molar-refractivity contribution in [3.05, 3.63) is 0 Å². The van der Waals surface area contributed by atoms with Crippen LogP contribution in [0.3, 0.4) is 0 Å². The largest absolute Gasteiger partial charge is 0.378 e. The van der Waals surface area contributed by atoms with Crippen molar-refractivity contribution < 1.29 is 4.74 Å². The van der Waals surface area contributed by atoms with Gasteiger partial charge in [-0.3, -0.25) is 0 Å². The Morgan fingerprint density at radius 1 is 1.13 bits per heavy atom. The molecule has 0 aromatic carbocycles. The summed E-state index contributed by atoms with van der Waals surface area (Å²) in [6.07, 6.45) is 7.48. The van der Waals surface area contributed by atoms with Crippen molar-refractivity contribution in [2.75, 3.05) is 6.61 Å². The molecule has 0 radical (unpaired) electrons. The predicted molar refractivity (Wildman–Crippen MR) is 63.8 cm³/mol. The highest BCUT2D eigenvalue weighted by Gasteiger charge is 2.32. The second kappa shape index (κ2) is 4.86. The molecule has 2 rings (SSSR count). The standard InChI is InChI=1S/C14H26O/c1-10(2)13-7-4-11(3)8-14(13)15-9-12-5-6-12/h10-14H,4-9H2,1-3H3/t11-,13+,14-/m1/s1. The third-order valence-electron chi connectivity index (χ3n) is 4.20. The first-order valence-electron chi connectivity index (χ1n) is 6.78. The van der Waals surface area contributed by atoms with Crippen molar-refractivity contribution in [2.24, 2.45) is 23.7 Å². The quantitative estimate of drug-likeness (QED) is 0.684. The van der Waals surface area contributed by atoms with Gasteiger partial charge in [0.05, 0.1) is 6.10 Å². The van der Waals surface area contributed by atoms with Gasteiger partial charge in [-0.15, -0.1) is 0 Å². The second-order valence-electron chi connectivity index (χ2n) is 6.14. The van der Waals surface area contributed by atoms with E-state index in [1.165, 1.54) is 32.1 Å². The molecule has 2 saturated carbocycles. The lowest BCUT2D eigenvalue weighted by Crippen LogP contribution is -2.34. The first-order valence-corrected chi connectivity index (χ1v) is 6.78. The molecular formula is C14H26O. The number of hydrogen-bond donors (Lipinski definition) is 0. The monoisotopic (exact) mass is 210 g/mol. The van der Waals surface area contributed by atoms with Crippen LogP contribution in [-0.2, 0) is 4.74 Å². The molecule has 88 valence electrons. The predicted octanol–water partition coefficient (Wildman–Crippen LogP) is 3.87. The molecule has 0 aromatic heterocycles. The van der Waals surface area contributed by atoms with Gasteiger partial charge in [0.1, 0.15) is 0 Å². The van der Waals surface area contributed by atoms with Crippen LogP contribution in [0.15, 0.2) is 0 Å². The molecule has 0 amide bonds. The number of rotatable bonds is 4. The minimum Gasteiger partial charge on any atom is -0.378 e. The van der Waals surface area contributed by atoms with Gasteiger partial charge in [-0.25, -0.2) is 0 Å². The summed E-state index contributed by atoms with van der Waals surface area (Å²) in [4.78, 5) is 0. The summed E-state index contributed by atoms with van der Waals surface area (Å²) in [6.45, 7) is 8.13. The molecule has 1 nitrogen and oxygen atoms in total. The summed E-state index contributed by atoms with van der Waals surface area (Å²) in [6, 6.07) is 0. The molecule has 15 heavy (non-hydrogen) atoms. The van der Waals surface area contributed by atoms with E-state index in [1.807, 2.05) is 0 Å². The lowest BCUT2D eigenvalue weighted by atomic mass is 9.75. The molecule has 2 aliphatic carbocycles. The van der Waals surface area contributed by atoms with Crippen LogP contribution in [0.4, 0.5) is 0 Å². The topological polar surface area (TPSA) is 9.23 Å². The van der Waals surface area contributed by atoms with Crippen LogP contribution in [0.1, 0.15) is 52.9 Å². The van der Waals surface area contributed by atoms with E-state index >= 15 is 0 Å². The molecule has 0 spiro atoms. The first-order chi connectivity index (χ1) is 7.16. The molecule has 2 fully saturated rings. The fourth-order valence-electron chi connectivity index (χ4n) is 2.85. The van der Waals surface area contributed by atoms with E-state index in [2.05, 4.69) is 20.8 Å². The third kappa shape index (κ3) is 3.21. The van der Waals surface area contributed by atoms with Crippen LogP contribution in [0.5, 0.6) is 0 Å². The molecule has 0 N–H and O–H groups in total. The first kappa shape index (κ1) is 11.4. The lowest BCUT2D eigenvalue weighted by Gasteiger charge is -2.37. The summed E-state index contributed by atoms with van der Waals surface area (Å²) in [5, 5.41) is 0. The zero-order valence-electron chi connectivity index (χ0n) is 10.5. The smallest absolute Gasteiger partial charge is 0.0608 e. The van der Waals surface area contributed by atoms with Crippen LogP contribution < -0.4 is 0 Å². The molecular weight excluding hydrogens is 184 g/mol. The van der Waals surface area contributed by atoms with Gasteiger partial charge in [-0.2, -0.15) is 0 Å². The Bertz CT molecular complexity index is 196. The normalized spacial score (nSPS) is 37.2. The average Bonchev–Trinajstić information content (AvgIpc) is 2.97. The maximum atomic E-state index is 6.15. The van der Waals surface area contributed by atoms with Crippen LogP contribution in [0.2, 0.25) is 0 Å². The summed E-state index contributed by atoms with van der Waals surface area (Å²) >= 11 is 0. The Morgan fingerprint density at radius 3 is 2.47 bits per heavy atom. The van der Waals surface area contributed by atoms with E-state index in [0.29, 0.717) is 6.10 Å². The van der Waals surface area contributed by atoms with Gasteiger partial charge in [0, 0.05) is 6.61 Å². The van der Waals surface area contributed by atoms with Crippen molar-refractivity contribution >= 4 is 0 Å². The minimum atomic E-state index is 0.564. The molecule has 0 saturated heterocycles. The Morgan fingerprint density at radius 2 is 1.87 bits per heavy atom. The Kier molecular flexibility index (Phi) is 3.71. The van der Waals surface area contributed by atoms with Gasteiger partial charge in [-0.05, 0) is 49.4 Å². The van der Waals surface area contributed by atoms with Crippen molar-refractivity contribution in [3.63, 3.8) is 0 Å². The Labute approximate surface area is 94.6 Å². The fraction of sp³-hybridized carbons (Fsp3) is 1.00. The zero-order valence-corrected chi connectivity index (χ0v) is 10.5. The van der Waals surface area contributed by atoms with Crippen molar-refractivity contribution in [1.29, 1.82) is 0 Å². The number of ether oxygens (including phenoxy) is 1. The van der Waals surface area contributed by atoms with Crippen LogP contribution in [0.25, 0.3) is 0 Å². The molecule has 1 heteroatoms. The van der Waals surface area contributed by atoms with Gasteiger partial charge < -0.3 is 4.74 Å². The highest BCUT2D eigenvalue weighted by molar-refractivity contribution is 4.82. The molecule has 0 aliphatic heterocycles. The fourth-order valence-corrected chi connectivity index (χ4v) is 2.85. The van der Waals surface area contributed by atoms with Crippen LogP contribution in [0, 0.1) is 23.7 Å². The highest BCUT2D eigenvalue weighted by Crippen LogP contribution is 2.37. The van der Waals surface area contributed by atoms with Crippen molar-refractivity contribution in [2.45, 2.75) is 59.0 Å². The molecule has 0 bridgehead atoms. The Balaban J connectivity index is 1.83. The van der Waals surface area contributed by atoms with Gasteiger partial charge in [0.2, 0.25) is 0 Å². The summed E-state index contributed by atoms with van der Waals surface area (Å²) < 4.78 is 6.15. The molecule has 0 aromatic rings. The molecule has 0 heterocycles. The van der Waals surface area contributed by atoms with E-state index in [-0.39, 0.29) is 0 Å². The van der Waals surface area contributed by atoms with E-state index in [9.17, 15) is 0 Å². The molecule has 3 atom stereocenters. The summed E-state index contributed by atoms with van der Waals surface area (Å²) in [5.41, 5.74) is 0. The SMILES string of the molecule is CC(C)[C@@H]1CC[C@@H](C)C[C@H]1OCC1CC1. The van der Waals surface area contributed by atoms with Gasteiger partial charge in [0.25, 0.3) is 0 Å². The van der Waals surface area contributed by atoms with Gasteiger partial charge in [-0.1, -0.05) is 27.2 Å². The zero-order chi connectivity index (χ0) is 10.8. The Hall–Kier alpha value is -0.0400. The number of hydrogen-bond acceptors (Lipinski definition) is 1. The third-order valence-corrected chi connectivity index (χ3v) is 4.20. The second-order valence-corrected chi connectivity index (χ2v) is 6.14. The van der Waals surface area contributed by atoms with Gasteiger partial charge in [0.15, 0.2) is 0 Å². The molecule has 0 unspecified atom stereocenters. The summed E-state index contributed by atoms with van der Waals surface area (Å²) in [7, 11) is 0. The summed E-state index contributed by atoms with van der Waals surface area (Å²) in [5.74, 6) is 3.40. The maximum absolute atomic E-state index is 6.15. The average molecular weight is 210 g/mol. The van der Waals surface area contributed by atoms with E-state index in [0.717, 1.165) is 30.3 Å². The maximum Gasteiger partial charge on any atom is 0.0608 e. The highest BCUT2D eigenvalue weighted by atomic mass is 16.5. The van der Waals surface area contributed by atoms with Crippen LogP contribution >= 0.6 is 0 Å². The van der Waals surface area contributed by atoms with E-state index in [1.54, 1.807) is 0 Å². The molecule has 2 aliphatic rings. The van der Waals surface area contributed by atoms with E-state index < -0.39 is 0 Å². The van der Waals surface area contributed by atoms with Crippen LogP contribution in [-0.4, -0.2) is 12.7 Å². The minimum absolute atomic E-state index is 0.564. The van der Waals surface area contributed by atoms with E-state index in [4.69, 9.17) is 4.74 Å².